The third-order valence-corrected chi connectivity index (χ3v) is 1.76. The summed E-state index contributed by atoms with van der Waals surface area (Å²) in [5, 5.41) is -0.846. The van der Waals surface area contributed by atoms with Gasteiger partial charge >= 0.3 is 17.9 Å². The molecule has 0 aromatic heterocycles. The van der Waals surface area contributed by atoms with Crippen LogP contribution in [0.3, 0.4) is 0 Å². The van der Waals surface area contributed by atoms with Gasteiger partial charge in [-0.1, -0.05) is 18.2 Å². The Morgan fingerprint density at radius 1 is 1.44 bits per heavy atom. The standard InChI is InChI=1S/C8H9ClF4O3/c1-4(9)6(14)16-8(13,15-3)7(11,12)5(2)10/h5H,1H2,2-3H3. The molecular weight excluding hydrogens is 256 g/mol. The highest BCUT2D eigenvalue weighted by Crippen LogP contribution is 2.39. The van der Waals surface area contributed by atoms with Gasteiger partial charge in [0.2, 0.25) is 0 Å². The van der Waals surface area contributed by atoms with Crippen molar-refractivity contribution in [1.29, 1.82) is 0 Å². The van der Waals surface area contributed by atoms with Gasteiger partial charge < -0.3 is 9.47 Å². The number of alkyl halides is 4. The first kappa shape index (κ1) is 15.2. The van der Waals surface area contributed by atoms with Crippen LogP contribution in [0.4, 0.5) is 17.6 Å². The van der Waals surface area contributed by atoms with E-state index in [0.717, 1.165) is 0 Å². The van der Waals surface area contributed by atoms with Crippen molar-refractivity contribution in [1.82, 2.24) is 0 Å². The first-order valence-corrected chi connectivity index (χ1v) is 4.30. The Balaban J connectivity index is 5.06. The van der Waals surface area contributed by atoms with Crippen LogP contribution in [0.25, 0.3) is 0 Å². The summed E-state index contributed by atoms with van der Waals surface area (Å²) < 4.78 is 59.2. The predicted octanol–water partition coefficient (Wildman–Crippen LogP) is 2.55. The largest absolute Gasteiger partial charge is 0.434 e. The molecule has 16 heavy (non-hydrogen) atoms. The molecule has 0 bridgehead atoms. The van der Waals surface area contributed by atoms with E-state index in [-0.39, 0.29) is 0 Å². The molecule has 0 aromatic rings. The lowest BCUT2D eigenvalue weighted by atomic mass is 10.2. The van der Waals surface area contributed by atoms with Crippen LogP contribution in [0.5, 0.6) is 0 Å². The van der Waals surface area contributed by atoms with Crippen LogP contribution in [0.2, 0.25) is 0 Å². The van der Waals surface area contributed by atoms with Gasteiger partial charge in [0.1, 0.15) is 5.03 Å². The summed E-state index contributed by atoms with van der Waals surface area (Å²) in [5.41, 5.74) is 0. The molecule has 2 unspecified atom stereocenters. The lowest BCUT2D eigenvalue weighted by Gasteiger charge is -2.31. The SMILES string of the molecule is C=C(Cl)C(=O)OC(F)(OC)C(F)(F)C(C)F. The average Bonchev–Trinajstić information content (AvgIpc) is 2.16. The molecule has 0 amide bonds. The minimum Gasteiger partial charge on any atom is -0.395 e. The first-order chi connectivity index (χ1) is 7.08. The van der Waals surface area contributed by atoms with Gasteiger partial charge in [-0.05, 0) is 6.92 Å². The summed E-state index contributed by atoms with van der Waals surface area (Å²) in [6.45, 7) is 3.22. The minimum absolute atomic E-state index is 0.386. The van der Waals surface area contributed by atoms with E-state index in [0.29, 0.717) is 14.0 Å². The Bertz CT molecular complexity index is 295. The van der Waals surface area contributed by atoms with Crippen molar-refractivity contribution in [3.05, 3.63) is 11.6 Å². The van der Waals surface area contributed by atoms with E-state index >= 15 is 0 Å². The third kappa shape index (κ3) is 2.85. The highest BCUT2D eigenvalue weighted by atomic mass is 35.5. The molecular formula is C8H9ClF4O3. The topological polar surface area (TPSA) is 35.5 Å². The Hall–Kier alpha value is -0.820. The lowest BCUT2D eigenvalue weighted by molar-refractivity contribution is -0.388. The van der Waals surface area contributed by atoms with Gasteiger partial charge in [-0.2, -0.15) is 13.2 Å². The third-order valence-electron chi connectivity index (χ3n) is 1.61. The zero-order valence-corrected chi connectivity index (χ0v) is 9.15. The number of carbonyl (C=O) groups is 1. The highest BCUT2D eigenvalue weighted by Gasteiger charge is 2.64. The van der Waals surface area contributed by atoms with E-state index in [4.69, 9.17) is 11.6 Å². The summed E-state index contributed by atoms with van der Waals surface area (Å²) in [7, 11) is 0.487. The van der Waals surface area contributed by atoms with Crippen LogP contribution in [0.1, 0.15) is 6.92 Å². The zero-order valence-electron chi connectivity index (χ0n) is 8.40. The second kappa shape index (κ2) is 5.01. The van der Waals surface area contributed by atoms with Crippen molar-refractivity contribution < 1.29 is 31.8 Å². The minimum atomic E-state index is -4.68. The Kier molecular flexibility index (Phi) is 4.75. The molecule has 0 saturated carbocycles. The van der Waals surface area contributed by atoms with Crippen LogP contribution in [-0.2, 0) is 14.3 Å². The van der Waals surface area contributed by atoms with Gasteiger partial charge in [0.25, 0.3) is 0 Å². The average molecular weight is 265 g/mol. The fourth-order valence-corrected chi connectivity index (χ4v) is 0.697. The number of methoxy groups -OCH3 is 1. The van der Waals surface area contributed by atoms with Crippen LogP contribution in [0, 0.1) is 0 Å². The molecule has 0 spiro atoms. The predicted molar refractivity (Wildman–Crippen MR) is 47.5 cm³/mol. The number of carbonyl (C=O) groups excluding carboxylic acids is 1. The number of hydrogen-bond acceptors (Lipinski definition) is 3. The van der Waals surface area contributed by atoms with Crippen molar-refractivity contribution in [2.75, 3.05) is 7.11 Å². The van der Waals surface area contributed by atoms with Crippen molar-refractivity contribution in [3.8, 4) is 0 Å². The molecule has 0 aliphatic rings. The van der Waals surface area contributed by atoms with Crippen LogP contribution in [0.15, 0.2) is 11.6 Å². The number of rotatable bonds is 5. The summed E-state index contributed by atoms with van der Waals surface area (Å²) in [6.07, 6.45) is -2.94. The normalized spacial score (nSPS) is 17.4. The smallest absolute Gasteiger partial charge is 0.395 e. The van der Waals surface area contributed by atoms with Gasteiger partial charge in [-0.15, -0.1) is 0 Å². The molecule has 0 radical (unpaired) electrons. The highest BCUT2D eigenvalue weighted by molar-refractivity contribution is 6.40. The summed E-state index contributed by atoms with van der Waals surface area (Å²) in [4.78, 5) is 10.8. The van der Waals surface area contributed by atoms with E-state index in [1.54, 1.807) is 0 Å². The molecule has 0 aliphatic carbocycles. The fraction of sp³-hybridized carbons (Fsp3) is 0.625. The monoisotopic (exact) mass is 264 g/mol. The van der Waals surface area contributed by atoms with E-state index in [9.17, 15) is 22.4 Å². The van der Waals surface area contributed by atoms with Crippen LogP contribution < -0.4 is 0 Å². The fourth-order valence-electron chi connectivity index (χ4n) is 0.658. The molecule has 0 aliphatic heterocycles. The maximum absolute atomic E-state index is 13.4. The van der Waals surface area contributed by atoms with Crippen molar-refractivity contribution in [2.45, 2.75) is 25.1 Å². The van der Waals surface area contributed by atoms with Gasteiger partial charge in [0, 0.05) is 7.11 Å². The zero-order chi connectivity index (χ0) is 13.1. The molecule has 0 fully saturated rings. The molecule has 2 atom stereocenters. The maximum Gasteiger partial charge on any atom is 0.434 e. The number of esters is 1. The van der Waals surface area contributed by atoms with Crippen LogP contribution in [-0.4, -0.2) is 31.2 Å². The number of halogens is 5. The quantitative estimate of drug-likeness (QED) is 0.331. The van der Waals surface area contributed by atoms with Gasteiger partial charge in [0.05, 0.1) is 0 Å². The molecule has 0 saturated heterocycles. The second-order valence-electron chi connectivity index (χ2n) is 2.77. The Labute approximate surface area is 94.0 Å². The Morgan fingerprint density at radius 2 is 1.88 bits per heavy atom. The van der Waals surface area contributed by atoms with Gasteiger partial charge in [0.15, 0.2) is 6.17 Å². The molecule has 94 valence electrons. The van der Waals surface area contributed by atoms with E-state index in [1.807, 2.05) is 0 Å². The molecule has 0 rings (SSSR count). The van der Waals surface area contributed by atoms with E-state index in [1.165, 1.54) is 0 Å². The van der Waals surface area contributed by atoms with Crippen molar-refractivity contribution in [2.24, 2.45) is 0 Å². The molecule has 0 heterocycles. The summed E-state index contributed by atoms with van der Waals surface area (Å²) in [6, 6.07) is -4.24. The number of hydrogen-bond donors (Lipinski definition) is 0. The molecule has 0 N–H and O–H groups in total. The van der Waals surface area contributed by atoms with Gasteiger partial charge in [-0.25, -0.2) is 9.18 Å². The molecule has 3 nitrogen and oxygen atoms in total. The van der Waals surface area contributed by atoms with Gasteiger partial charge in [-0.3, -0.25) is 0 Å². The Morgan fingerprint density at radius 3 is 2.12 bits per heavy atom. The molecule has 8 heteroatoms. The maximum atomic E-state index is 13.4. The van der Waals surface area contributed by atoms with E-state index < -0.39 is 29.1 Å². The van der Waals surface area contributed by atoms with Crippen molar-refractivity contribution >= 4 is 17.6 Å². The second-order valence-corrected chi connectivity index (χ2v) is 3.23. The first-order valence-electron chi connectivity index (χ1n) is 3.92. The van der Waals surface area contributed by atoms with E-state index in [2.05, 4.69) is 16.1 Å². The van der Waals surface area contributed by atoms with Crippen LogP contribution >= 0.6 is 11.6 Å². The molecule has 0 aromatic carbocycles. The number of ether oxygens (including phenoxy) is 2. The summed E-state index contributed by atoms with van der Waals surface area (Å²) in [5.74, 6) is -6.35. The lowest BCUT2D eigenvalue weighted by Crippen LogP contribution is -2.54. The summed E-state index contributed by atoms with van der Waals surface area (Å²) >= 11 is 4.99. The van der Waals surface area contributed by atoms with Crippen molar-refractivity contribution in [3.63, 3.8) is 0 Å².